The van der Waals surface area contributed by atoms with E-state index in [4.69, 9.17) is 22.1 Å². The number of rotatable bonds is 4. The second-order valence-electron chi connectivity index (χ2n) is 4.02. The van der Waals surface area contributed by atoms with Gasteiger partial charge in [-0.25, -0.2) is 0 Å². The quantitative estimate of drug-likeness (QED) is 0.881. The Morgan fingerprint density at radius 1 is 1.21 bits per heavy atom. The minimum atomic E-state index is -1.14. The van der Waals surface area contributed by atoms with Gasteiger partial charge in [-0.2, -0.15) is 0 Å². The van der Waals surface area contributed by atoms with E-state index in [0.29, 0.717) is 22.2 Å². The lowest BCUT2D eigenvalue weighted by Crippen LogP contribution is -2.00. The number of ether oxygens (including phenoxy) is 1. The summed E-state index contributed by atoms with van der Waals surface area (Å²) < 4.78 is 17.5. The molecule has 1 unspecified atom stereocenters. The van der Waals surface area contributed by atoms with Crippen molar-refractivity contribution in [3.8, 4) is 5.75 Å². The van der Waals surface area contributed by atoms with Crippen molar-refractivity contribution < 1.29 is 8.95 Å². The molecule has 100 valence electrons. The van der Waals surface area contributed by atoms with Crippen LogP contribution in [0, 0.1) is 0 Å². The molecular formula is C14H14ClNO2S. The highest BCUT2D eigenvalue weighted by Crippen LogP contribution is 2.24. The first-order chi connectivity index (χ1) is 9.10. The average Bonchev–Trinajstić information content (AvgIpc) is 2.41. The van der Waals surface area contributed by atoms with Gasteiger partial charge in [0.15, 0.2) is 0 Å². The molecule has 19 heavy (non-hydrogen) atoms. The van der Waals surface area contributed by atoms with Crippen molar-refractivity contribution in [1.82, 2.24) is 0 Å². The zero-order chi connectivity index (χ0) is 13.8. The molecule has 0 saturated carbocycles. The van der Waals surface area contributed by atoms with Crippen molar-refractivity contribution in [2.45, 2.75) is 10.6 Å². The minimum absolute atomic E-state index is 0.380. The Morgan fingerprint density at radius 3 is 2.53 bits per heavy atom. The predicted octanol–water partition coefficient (Wildman–Crippen LogP) is 3.24. The van der Waals surface area contributed by atoms with Crippen LogP contribution < -0.4 is 10.5 Å². The largest absolute Gasteiger partial charge is 0.496 e. The van der Waals surface area contributed by atoms with Crippen molar-refractivity contribution in [3.63, 3.8) is 0 Å². The van der Waals surface area contributed by atoms with Gasteiger partial charge in [0.05, 0.1) is 23.7 Å². The second-order valence-corrected chi connectivity index (χ2v) is 5.90. The van der Waals surface area contributed by atoms with Gasteiger partial charge in [0.2, 0.25) is 0 Å². The molecule has 0 aliphatic carbocycles. The summed E-state index contributed by atoms with van der Waals surface area (Å²) in [5.41, 5.74) is 7.18. The number of halogens is 1. The van der Waals surface area contributed by atoms with Crippen LogP contribution in [-0.2, 0) is 16.6 Å². The van der Waals surface area contributed by atoms with Crippen LogP contribution >= 0.6 is 11.6 Å². The van der Waals surface area contributed by atoms with E-state index >= 15 is 0 Å². The van der Waals surface area contributed by atoms with E-state index in [1.807, 2.05) is 6.07 Å². The highest BCUT2D eigenvalue weighted by Gasteiger charge is 2.10. The van der Waals surface area contributed by atoms with Gasteiger partial charge in [-0.3, -0.25) is 4.21 Å². The lowest BCUT2D eigenvalue weighted by atomic mass is 10.2. The van der Waals surface area contributed by atoms with E-state index < -0.39 is 10.8 Å². The summed E-state index contributed by atoms with van der Waals surface area (Å²) in [5, 5.41) is 0.630. The molecule has 0 aliphatic rings. The molecule has 0 spiro atoms. The molecule has 3 nitrogen and oxygen atoms in total. The van der Waals surface area contributed by atoms with Crippen molar-refractivity contribution in [1.29, 1.82) is 0 Å². The number of nitrogens with two attached hydrogens (primary N) is 1. The monoisotopic (exact) mass is 295 g/mol. The lowest BCUT2D eigenvalue weighted by Gasteiger charge is -2.09. The number of methoxy groups -OCH3 is 1. The summed E-state index contributed by atoms with van der Waals surface area (Å²) in [6.07, 6.45) is 0. The summed E-state index contributed by atoms with van der Waals surface area (Å²) >= 11 is 5.81. The van der Waals surface area contributed by atoms with Gasteiger partial charge in [0, 0.05) is 27.2 Å². The van der Waals surface area contributed by atoms with Crippen molar-refractivity contribution >= 4 is 28.1 Å². The number of nitrogen functional groups attached to an aromatic ring is 1. The third-order valence-corrected chi connectivity index (χ3v) is 4.30. The van der Waals surface area contributed by atoms with Crippen LogP contribution in [0.1, 0.15) is 5.56 Å². The SMILES string of the molecule is COc1cc(N)ccc1CS(=O)c1ccc(Cl)cc1. The zero-order valence-corrected chi connectivity index (χ0v) is 12.0. The van der Waals surface area contributed by atoms with E-state index in [-0.39, 0.29) is 0 Å². The van der Waals surface area contributed by atoms with Gasteiger partial charge >= 0.3 is 0 Å². The summed E-state index contributed by atoms with van der Waals surface area (Å²) in [7, 11) is 0.432. The zero-order valence-electron chi connectivity index (χ0n) is 10.4. The minimum Gasteiger partial charge on any atom is -0.496 e. The summed E-state index contributed by atoms with van der Waals surface area (Å²) in [6, 6.07) is 12.3. The van der Waals surface area contributed by atoms with E-state index in [9.17, 15) is 4.21 Å². The third kappa shape index (κ3) is 3.49. The topological polar surface area (TPSA) is 52.3 Å². The number of anilines is 1. The van der Waals surface area contributed by atoms with Gasteiger partial charge in [-0.15, -0.1) is 0 Å². The molecule has 0 heterocycles. The maximum Gasteiger partial charge on any atom is 0.125 e. The van der Waals surface area contributed by atoms with Crippen molar-refractivity contribution in [2.75, 3.05) is 12.8 Å². The highest BCUT2D eigenvalue weighted by atomic mass is 35.5. The van der Waals surface area contributed by atoms with Gasteiger partial charge in [0.1, 0.15) is 5.75 Å². The van der Waals surface area contributed by atoms with Crippen LogP contribution in [0.5, 0.6) is 5.75 Å². The molecule has 2 N–H and O–H groups in total. The molecule has 0 radical (unpaired) electrons. The smallest absolute Gasteiger partial charge is 0.125 e. The first-order valence-electron chi connectivity index (χ1n) is 5.66. The lowest BCUT2D eigenvalue weighted by molar-refractivity contribution is 0.411. The number of hydrogen-bond donors (Lipinski definition) is 1. The maximum atomic E-state index is 12.3. The van der Waals surface area contributed by atoms with Crippen LogP contribution in [-0.4, -0.2) is 11.3 Å². The summed E-state index contributed by atoms with van der Waals surface area (Å²) in [4.78, 5) is 0.739. The Labute approximate surface area is 119 Å². The Bertz CT molecular complexity index is 599. The van der Waals surface area contributed by atoms with E-state index in [2.05, 4.69) is 0 Å². The van der Waals surface area contributed by atoms with E-state index in [0.717, 1.165) is 10.5 Å². The van der Waals surface area contributed by atoms with Crippen LogP contribution in [0.3, 0.4) is 0 Å². The summed E-state index contributed by atoms with van der Waals surface area (Å²) in [5.74, 6) is 1.03. The fraction of sp³-hybridized carbons (Fsp3) is 0.143. The molecule has 0 aromatic heterocycles. The van der Waals surface area contributed by atoms with Gasteiger partial charge in [-0.05, 0) is 30.3 Å². The third-order valence-electron chi connectivity index (χ3n) is 2.67. The predicted molar refractivity (Wildman–Crippen MR) is 79.0 cm³/mol. The second kappa shape index (κ2) is 6.08. The van der Waals surface area contributed by atoms with Crippen LogP contribution in [0.2, 0.25) is 5.02 Å². The Balaban J connectivity index is 2.21. The standard InChI is InChI=1S/C14H14ClNO2S/c1-18-14-8-12(16)5-2-10(14)9-19(17)13-6-3-11(15)4-7-13/h2-8H,9,16H2,1H3. The molecule has 2 rings (SSSR count). The molecular weight excluding hydrogens is 282 g/mol. The fourth-order valence-electron chi connectivity index (χ4n) is 1.69. The first kappa shape index (κ1) is 13.9. The van der Waals surface area contributed by atoms with E-state index in [1.54, 1.807) is 43.5 Å². The molecule has 2 aromatic rings. The van der Waals surface area contributed by atoms with Crippen LogP contribution in [0.15, 0.2) is 47.4 Å². The molecule has 1 atom stereocenters. The maximum absolute atomic E-state index is 12.3. The molecule has 5 heteroatoms. The van der Waals surface area contributed by atoms with Crippen molar-refractivity contribution in [2.24, 2.45) is 0 Å². The first-order valence-corrected chi connectivity index (χ1v) is 7.36. The van der Waals surface area contributed by atoms with E-state index in [1.165, 1.54) is 0 Å². The Morgan fingerprint density at radius 2 is 1.89 bits per heavy atom. The van der Waals surface area contributed by atoms with Gasteiger partial charge in [-0.1, -0.05) is 17.7 Å². The normalized spacial score (nSPS) is 12.1. The molecule has 0 bridgehead atoms. The van der Waals surface area contributed by atoms with Crippen LogP contribution in [0.4, 0.5) is 5.69 Å². The average molecular weight is 296 g/mol. The molecule has 2 aromatic carbocycles. The number of hydrogen-bond acceptors (Lipinski definition) is 3. The molecule has 0 aliphatic heterocycles. The molecule has 0 saturated heterocycles. The van der Waals surface area contributed by atoms with Crippen molar-refractivity contribution in [3.05, 3.63) is 53.1 Å². The Hall–Kier alpha value is -1.52. The molecule has 0 fully saturated rings. The fourth-order valence-corrected chi connectivity index (χ4v) is 2.94. The molecule has 0 amide bonds. The van der Waals surface area contributed by atoms with Gasteiger partial charge in [0.25, 0.3) is 0 Å². The number of benzene rings is 2. The highest BCUT2D eigenvalue weighted by molar-refractivity contribution is 7.84. The van der Waals surface area contributed by atoms with Gasteiger partial charge < -0.3 is 10.5 Å². The Kier molecular flexibility index (Phi) is 4.45. The van der Waals surface area contributed by atoms with Crippen LogP contribution in [0.25, 0.3) is 0 Å². The summed E-state index contributed by atoms with van der Waals surface area (Å²) in [6.45, 7) is 0.